The molecule has 0 fully saturated rings. The van der Waals surface area contributed by atoms with Gasteiger partial charge in [0, 0.05) is 36.6 Å². The van der Waals surface area contributed by atoms with Crippen molar-refractivity contribution in [3.05, 3.63) is 81.5 Å². The number of thioether (sulfide) groups is 1. The summed E-state index contributed by atoms with van der Waals surface area (Å²) in [5.74, 6) is -0.674. The molecule has 0 unspecified atom stereocenters. The number of esters is 1. The van der Waals surface area contributed by atoms with Crippen molar-refractivity contribution in [2.75, 3.05) is 18.5 Å². The number of benzene rings is 1. The van der Waals surface area contributed by atoms with E-state index in [2.05, 4.69) is 22.3 Å². The summed E-state index contributed by atoms with van der Waals surface area (Å²) < 4.78 is 6.06. The lowest BCUT2D eigenvalue weighted by Crippen LogP contribution is -2.31. The first-order valence-electron chi connectivity index (χ1n) is 11.2. The van der Waals surface area contributed by atoms with Crippen molar-refractivity contribution in [3.63, 3.8) is 0 Å². The number of fused-ring (bicyclic) bond motifs is 1. The Morgan fingerprint density at radius 1 is 1.24 bits per heavy atom. The second-order valence-corrected chi connectivity index (χ2v) is 10.5. The lowest BCUT2D eigenvalue weighted by Gasteiger charge is -2.27. The molecule has 34 heavy (non-hydrogen) atoms. The minimum absolute atomic E-state index is 0.265. The molecule has 9 heteroatoms. The summed E-state index contributed by atoms with van der Waals surface area (Å²) >= 11 is 2.61. The number of nitrogens with one attached hydrogen (secondary N) is 1. The zero-order valence-corrected chi connectivity index (χ0v) is 20.8. The van der Waals surface area contributed by atoms with E-state index in [1.54, 1.807) is 32.0 Å². The maximum atomic E-state index is 13.0. The largest absolute Gasteiger partial charge is 0.618 e. The average molecular weight is 498 g/mol. The van der Waals surface area contributed by atoms with Crippen LogP contribution >= 0.6 is 23.1 Å². The van der Waals surface area contributed by atoms with Crippen LogP contribution in [0.1, 0.15) is 40.2 Å². The molecule has 0 spiro atoms. The van der Waals surface area contributed by atoms with E-state index in [1.165, 1.54) is 34.9 Å². The summed E-state index contributed by atoms with van der Waals surface area (Å²) in [5.41, 5.74) is 2.67. The average Bonchev–Trinajstić information content (AvgIpc) is 3.18. The van der Waals surface area contributed by atoms with E-state index in [0.29, 0.717) is 28.6 Å². The third-order valence-electron chi connectivity index (χ3n) is 5.56. The van der Waals surface area contributed by atoms with Crippen LogP contribution in [0.4, 0.5) is 5.00 Å². The van der Waals surface area contributed by atoms with Crippen molar-refractivity contribution in [2.45, 2.75) is 43.6 Å². The molecule has 0 aliphatic carbocycles. The highest BCUT2D eigenvalue weighted by Gasteiger charge is 2.30. The predicted octanol–water partition coefficient (Wildman–Crippen LogP) is 4.24. The molecule has 3 aromatic rings. The number of carbonyl (C=O) groups excluding carboxylic acids is 2. The van der Waals surface area contributed by atoms with Crippen LogP contribution in [0.15, 0.2) is 59.8 Å². The smallest absolute Gasteiger partial charge is 0.341 e. The van der Waals surface area contributed by atoms with E-state index in [0.717, 1.165) is 28.3 Å². The SMILES string of the molecule is CCOC(=O)c1c(NC(=O)[C@H](C)Sc2cccc[n+]2[O-])sc2c1CCN(Cc1ccccc1)C2. The topological polar surface area (TPSA) is 85.6 Å². The van der Waals surface area contributed by atoms with E-state index >= 15 is 0 Å². The van der Waals surface area contributed by atoms with Gasteiger partial charge in [-0.05, 0) is 49.2 Å². The van der Waals surface area contributed by atoms with Gasteiger partial charge < -0.3 is 15.3 Å². The summed E-state index contributed by atoms with van der Waals surface area (Å²) in [4.78, 5) is 29.2. The quantitative estimate of drug-likeness (QED) is 0.217. The van der Waals surface area contributed by atoms with Crippen LogP contribution < -0.4 is 10.0 Å². The van der Waals surface area contributed by atoms with Crippen molar-refractivity contribution < 1.29 is 19.1 Å². The van der Waals surface area contributed by atoms with Crippen molar-refractivity contribution in [3.8, 4) is 0 Å². The van der Waals surface area contributed by atoms with E-state index in [1.807, 2.05) is 18.2 Å². The third kappa shape index (κ3) is 5.60. The van der Waals surface area contributed by atoms with Gasteiger partial charge in [-0.25, -0.2) is 4.79 Å². The van der Waals surface area contributed by atoms with Crippen LogP contribution in [0.3, 0.4) is 0 Å². The number of aromatic nitrogens is 1. The molecule has 0 radical (unpaired) electrons. The number of amides is 1. The molecule has 1 N–H and O–H groups in total. The van der Waals surface area contributed by atoms with Crippen LogP contribution in [0.5, 0.6) is 0 Å². The molecular formula is C25H27N3O4S2. The molecule has 3 heterocycles. The van der Waals surface area contributed by atoms with Gasteiger partial charge >= 0.3 is 5.97 Å². The number of rotatable bonds is 8. The fourth-order valence-corrected chi connectivity index (χ4v) is 6.02. The number of ether oxygens (including phenoxy) is 1. The van der Waals surface area contributed by atoms with Crippen molar-refractivity contribution >= 4 is 40.0 Å². The van der Waals surface area contributed by atoms with E-state index in [9.17, 15) is 14.8 Å². The molecule has 1 atom stereocenters. The van der Waals surface area contributed by atoms with E-state index in [4.69, 9.17) is 4.74 Å². The molecule has 7 nitrogen and oxygen atoms in total. The first-order chi connectivity index (χ1) is 16.5. The summed E-state index contributed by atoms with van der Waals surface area (Å²) in [5, 5.41) is 15.3. The second-order valence-electron chi connectivity index (χ2n) is 7.99. The lowest BCUT2D eigenvalue weighted by atomic mass is 10.0. The highest BCUT2D eigenvalue weighted by atomic mass is 32.2. The number of carbonyl (C=O) groups is 2. The molecule has 0 bridgehead atoms. The fourth-order valence-electron chi connectivity index (χ4n) is 3.89. The zero-order chi connectivity index (χ0) is 24.1. The van der Waals surface area contributed by atoms with E-state index in [-0.39, 0.29) is 12.5 Å². The molecule has 0 saturated heterocycles. The molecule has 1 amide bonds. The molecule has 1 aliphatic heterocycles. The minimum Gasteiger partial charge on any atom is -0.618 e. The summed E-state index contributed by atoms with van der Waals surface area (Å²) in [6.07, 6.45) is 2.12. The first-order valence-corrected chi connectivity index (χ1v) is 12.9. The van der Waals surface area contributed by atoms with Gasteiger partial charge in [-0.3, -0.25) is 9.69 Å². The Kier molecular flexibility index (Phi) is 7.87. The van der Waals surface area contributed by atoms with Gasteiger partial charge in [0.2, 0.25) is 5.91 Å². The first kappa shape index (κ1) is 24.3. The standard InChI is InChI=1S/C25H27N3O4S2/c1-3-32-25(30)22-19-12-14-27(15-18-9-5-4-6-10-18)16-20(19)34-24(22)26-23(29)17(2)33-21-11-7-8-13-28(21)31/h4-11,13,17H,3,12,14-16H2,1-2H3,(H,26,29)/t17-/m0/s1. The molecule has 4 rings (SSSR count). The lowest BCUT2D eigenvalue weighted by molar-refractivity contribution is -0.645. The van der Waals surface area contributed by atoms with Crippen molar-refractivity contribution in [1.29, 1.82) is 0 Å². The zero-order valence-electron chi connectivity index (χ0n) is 19.2. The maximum absolute atomic E-state index is 13.0. The molecule has 178 valence electrons. The van der Waals surface area contributed by atoms with Gasteiger partial charge in [0.05, 0.1) is 17.4 Å². The number of hydrogen-bond donors (Lipinski definition) is 1. The summed E-state index contributed by atoms with van der Waals surface area (Å²) in [7, 11) is 0. The van der Waals surface area contributed by atoms with Gasteiger partial charge in [-0.2, -0.15) is 4.73 Å². The van der Waals surface area contributed by atoms with Crippen molar-refractivity contribution in [1.82, 2.24) is 4.90 Å². The summed E-state index contributed by atoms with van der Waals surface area (Å²) in [6, 6.07) is 15.4. The molecule has 0 saturated carbocycles. The Morgan fingerprint density at radius 2 is 2.00 bits per heavy atom. The normalized spacial score (nSPS) is 14.3. The van der Waals surface area contributed by atoms with Gasteiger partial charge in [0.15, 0.2) is 6.20 Å². The highest BCUT2D eigenvalue weighted by Crippen LogP contribution is 2.38. The Labute approximate surface area is 207 Å². The van der Waals surface area contributed by atoms with Gasteiger partial charge in [0.1, 0.15) is 5.00 Å². The van der Waals surface area contributed by atoms with Crippen LogP contribution in [0.25, 0.3) is 0 Å². The van der Waals surface area contributed by atoms with Crippen LogP contribution in [0.2, 0.25) is 0 Å². The monoisotopic (exact) mass is 497 g/mol. The van der Waals surface area contributed by atoms with Gasteiger partial charge in [-0.1, -0.05) is 30.3 Å². The predicted molar refractivity (Wildman–Crippen MR) is 134 cm³/mol. The Balaban J connectivity index is 1.53. The van der Waals surface area contributed by atoms with Gasteiger partial charge in [-0.15, -0.1) is 11.3 Å². The highest BCUT2D eigenvalue weighted by molar-refractivity contribution is 8.00. The van der Waals surface area contributed by atoms with Crippen LogP contribution in [-0.2, 0) is 29.0 Å². The summed E-state index contributed by atoms with van der Waals surface area (Å²) in [6.45, 7) is 6.14. The van der Waals surface area contributed by atoms with E-state index < -0.39 is 11.2 Å². The molecule has 1 aromatic carbocycles. The molecule has 1 aliphatic rings. The van der Waals surface area contributed by atoms with Crippen LogP contribution in [0, 0.1) is 5.21 Å². The molecular weight excluding hydrogens is 470 g/mol. The maximum Gasteiger partial charge on any atom is 0.341 e. The number of nitrogens with zero attached hydrogens (tertiary/aromatic N) is 2. The van der Waals surface area contributed by atoms with Crippen LogP contribution in [-0.4, -0.2) is 35.2 Å². The second kappa shape index (κ2) is 11.0. The fraction of sp³-hybridized carbons (Fsp3) is 0.320. The van der Waals surface area contributed by atoms with Crippen molar-refractivity contribution in [2.24, 2.45) is 0 Å². The number of thiophene rings is 1. The minimum atomic E-state index is -0.522. The number of hydrogen-bond acceptors (Lipinski definition) is 7. The molecule has 2 aromatic heterocycles. The number of pyridine rings is 1. The Bertz CT molecular complexity index is 1170. The number of anilines is 1. The Hall–Kier alpha value is -2.88. The van der Waals surface area contributed by atoms with Gasteiger partial charge in [0.25, 0.3) is 5.03 Å². The Morgan fingerprint density at radius 3 is 2.74 bits per heavy atom. The third-order valence-corrected chi connectivity index (χ3v) is 7.81.